The van der Waals surface area contributed by atoms with E-state index in [1.54, 1.807) is 0 Å². The molecular formula is C19H26N2O. The van der Waals surface area contributed by atoms with Gasteiger partial charge in [-0.15, -0.1) is 0 Å². The smallest absolute Gasteiger partial charge is 0.255 e. The van der Waals surface area contributed by atoms with Crippen LogP contribution in [0.25, 0.3) is 0 Å². The largest absolute Gasteiger partial charge is 0.320 e. The Morgan fingerprint density at radius 3 is 2.32 bits per heavy atom. The number of benzene rings is 1. The van der Waals surface area contributed by atoms with Gasteiger partial charge >= 0.3 is 0 Å². The van der Waals surface area contributed by atoms with Gasteiger partial charge in [0.05, 0.1) is 6.04 Å². The molecule has 0 aliphatic carbocycles. The fraction of sp³-hybridized carbons (Fsp3) is 0.421. The van der Waals surface area contributed by atoms with Crippen LogP contribution in [0.1, 0.15) is 60.7 Å². The highest BCUT2D eigenvalue weighted by atomic mass is 16.1. The zero-order chi connectivity index (χ0) is 16.4. The van der Waals surface area contributed by atoms with Crippen molar-refractivity contribution in [1.29, 1.82) is 0 Å². The van der Waals surface area contributed by atoms with E-state index in [4.69, 9.17) is 5.73 Å². The van der Waals surface area contributed by atoms with Crippen molar-refractivity contribution in [3.63, 3.8) is 0 Å². The summed E-state index contributed by atoms with van der Waals surface area (Å²) in [5, 5.41) is 0. The van der Waals surface area contributed by atoms with E-state index in [0.717, 1.165) is 11.3 Å². The Morgan fingerprint density at radius 1 is 1.09 bits per heavy atom. The Balaban J connectivity index is 2.52. The third-order valence-electron chi connectivity index (χ3n) is 4.37. The van der Waals surface area contributed by atoms with Crippen LogP contribution in [0.5, 0.6) is 0 Å². The molecule has 0 amide bonds. The van der Waals surface area contributed by atoms with Gasteiger partial charge in [-0.2, -0.15) is 0 Å². The second kappa shape index (κ2) is 6.49. The number of hydrogen-bond donors (Lipinski definition) is 1. The van der Waals surface area contributed by atoms with Gasteiger partial charge in [-0.05, 0) is 55.5 Å². The van der Waals surface area contributed by atoms with E-state index < -0.39 is 0 Å². The van der Waals surface area contributed by atoms with Crippen molar-refractivity contribution in [2.75, 3.05) is 0 Å². The summed E-state index contributed by atoms with van der Waals surface area (Å²) in [6, 6.07) is 9.69. The maximum Gasteiger partial charge on any atom is 0.255 e. The van der Waals surface area contributed by atoms with Gasteiger partial charge in [-0.25, -0.2) is 0 Å². The summed E-state index contributed by atoms with van der Waals surface area (Å²) in [6.45, 7) is 11.0. The first-order valence-corrected chi connectivity index (χ1v) is 7.93. The third kappa shape index (κ3) is 3.00. The minimum Gasteiger partial charge on any atom is -0.320 e. The Kier molecular flexibility index (Phi) is 4.87. The molecule has 0 aliphatic rings. The minimum atomic E-state index is -0.384. The van der Waals surface area contributed by atoms with E-state index in [0.29, 0.717) is 18.0 Å². The summed E-state index contributed by atoms with van der Waals surface area (Å²) in [5.74, 6) is 0.319. The number of nitrogens with zero attached hydrogens (tertiary/aromatic N) is 1. The molecule has 1 aromatic heterocycles. The lowest BCUT2D eigenvalue weighted by Gasteiger charge is -2.19. The predicted molar refractivity (Wildman–Crippen MR) is 92.4 cm³/mol. The van der Waals surface area contributed by atoms with Gasteiger partial charge in [0.25, 0.3) is 5.56 Å². The average Bonchev–Trinajstić information content (AvgIpc) is 2.48. The van der Waals surface area contributed by atoms with Crippen LogP contribution in [-0.4, -0.2) is 4.57 Å². The summed E-state index contributed by atoms with van der Waals surface area (Å²) in [7, 11) is 0. The Bertz CT molecular complexity index is 729. The number of aromatic nitrogens is 1. The Hall–Kier alpha value is -1.87. The maximum absolute atomic E-state index is 12.8. The van der Waals surface area contributed by atoms with Crippen molar-refractivity contribution in [2.24, 2.45) is 5.73 Å². The molecule has 2 aromatic rings. The molecule has 22 heavy (non-hydrogen) atoms. The second-order valence-electron chi connectivity index (χ2n) is 6.24. The van der Waals surface area contributed by atoms with Crippen LogP contribution in [0.4, 0.5) is 0 Å². The predicted octanol–water partition coefficient (Wildman–Crippen LogP) is 3.66. The van der Waals surface area contributed by atoms with Crippen LogP contribution < -0.4 is 11.3 Å². The van der Waals surface area contributed by atoms with Gasteiger partial charge < -0.3 is 10.3 Å². The van der Waals surface area contributed by atoms with Crippen LogP contribution in [0.15, 0.2) is 35.1 Å². The van der Waals surface area contributed by atoms with Gasteiger partial charge in [0.1, 0.15) is 0 Å². The van der Waals surface area contributed by atoms with Crippen LogP contribution in [0.2, 0.25) is 0 Å². The van der Waals surface area contributed by atoms with E-state index in [1.807, 2.05) is 29.7 Å². The molecule has 0 fully saturated rings. The summed E-state index contributed by atoms with van der Waals surface area (Å²) in [5.41, 5.74) is 11.5. The first-order valence-electron chi connectivity index (χ1n) is 7.93. The highest BCUT2D eigenvalue weighted by Crippen LogP contribution is 2.21. The summed E-state index contributed by atoms with van der Waals surface area (Å²) < 4.78 is 1.83. The Morgan fingerprint density at radius 2 is 1.77 bits per heavy atom. The fourth-order valence-corrected chi connectivity index (χ4v) is 2.81. The van der Waals surface area contributed by atoms with Crippen LogP contribution in [-0.2, 0) is 6.54 Å². The quantitative estimate of drug-likeness (QED) is 0.936. The van der Waals surface area contributed by atoms with Gasteiger partial charge in [-0.1, -0.05) is 32.0 Å². The van der Waals surface area contributed by atoms with Crippen molar-refractivity contribution in [2.45, 2.75) is 53.1 Å². The maximum atomic E-state index is 12.8. The number of pyridine rings is 1. The molecular weight excluding hydrogens is 272 g/mol. The van der Waals surface area contributed by atoms with Crippen molar-refractivity contribution < 1.29 is 0 Å². The first-order chi connectivity index (χ1) is 10.4. The van der Waals surface area contributed by atoms with Crippen molar-refractivity contribution in [1.82, 2.24) is 4.57 Å². The number of hydrogen-bond acceptors (Lipinski definition) is 2. The van der Waals surface area contributed by atoms with Gasteiger partial charge in [0.15, 0.2) is 0 Å². The summed E-state index contributed by atoms with van der Waals surface area (Å²) >= 11 is 0. The molecule has 0 saturated heterocycles. The van der Waals surface area contributed by atoms with Crippen LogP contribution in [0.3, 0.4) is 0 Å². The topological polar surface area (TPSA) is 48.0 Å². The molecule has 3 heteroatoms. The molecule has 2 rings (SSSR count). The molecule has 0 bridgehead atoms. The van der Waals surface area contributed by atoms with Crippen molar-refractivity contribution in [3.8, 4) is 0 Å². The molecule has 3 nitrogen and oxygen atoms in total. The normalized spacial score (nSPS) is 12.7. The number of rotatable bonds is 4. The monoisotopic (exact) mass is 298 g/mol. The second-order valence-corrected chi connectivity index (χ2v) is 6.24. The molecule has 0 radical (unpaired) electrons. The SMILES string of the molecule is CCn1c(C(C)C)ccc(C(N)c2ccc(C)c(C)c2)c1=O. The lowest BCUT2D eigenvalue weighted by atomic mass is 9.96. The highest BCUT2D eigenvalue weighted by molar-refractivity contribution is 5.36. The van der Waals surface area contributed by atoms with Crippen LogP contribution in [0, 0.1) is 13.8 Å². The van der Waals surface area contributed by atoms with Gasteiger partial charge in [0, 0.05) is 17.8 Å². The molecule has 0 spiro atoms. The highest BCUT2D eigenvalue weighted by Gasteiger charge is 2.17. The lowest BCUT2D eigenvalue weighted by molar-refractivity contribution is 0.626. The van der Waals surface area contributed by atoms with E-state index in [-0.39, 0.29) is 11.6 Å². The van der Waals surface area contributed by atoms with E-state index in [9.17, 15) is 4.79 Å². The van der Waals surface area contributed by atoms with Gasteiger partial charge in [-0.3, -0.25) is 4.79 Å². The molecule has 1 heterocycles. The van der Waals surface area contributed by atoms with E-state index in [2.05, 4.69) is 39.8 Å². The van der Waals surface area contributed by atoms with Crippen LogP contribution >= 0.6 is 0 Å². The minimum absolute atomic E-state index is 0.0272. The average molecular weight is 298 g/mol. The van der Waals surface area contributed by atoms with Crippen molar-refractivity contribution >= 4 is 0 Å². The zero-order valence-electron chi connectivity index (χ0n) is 14.2. The number of aryl methyl sites for hydroxylation is 2. The molecule has 1 unspecified atom stereocenters. The molecule has 0 saturated carbocycles. The standard InChI is InChI=1S/C19H26N2O/c1-6-21-17(12(2)3)10-9-16(19(21)22)18(20)15-8-7-13(4)14(5)11-15/h7-12,18H,6,20H2,1-5H3. The fourth-order valence-electron chi connectivity index (χ4n) is 2.81. The van der Waals surface area contributed by atoms with Gasteiger partial charge in [0.2, 0.25) is 0 Å². The van der Waals surface area contributed by atoms with Crippen molar-refractivity contribution in [3.05, 3.63) is 68.6 Å². The summed E-state index contributed by atoms with van der Waals surface area (Å²) in [6.07, 6.45) is 0. The molecule has 0 aliphatic heterocycles. The third-order valence-corrected chi connectivity index (χ3v) is 4.37. The number of nitrogens with two attached hydrogens (primary N) is 1. The molecule has 1 aromatic carbocycles. The molecule has 118 valence electrons. The summed E-state index contributed by atoms with van der Waals surface area (Å²) in [4.78, 5) is 12.8. The lowest BCUT2D eigenvalue weighted by Crippen LogP contribution is -2.30. The Labute approximate surface area is 132 Å². The zero-order valence-corrected chi connectivity index (χ0v) is 14.2. The first kappa shape index (κ1) is 16.5. The molecule has 1 atom stereocenters. The van der Waals surface area contributed by atoms with E-state index in [1.165, 1.54) is 11.1 Å². The molecule has 2 N–H and O–H groups in total. The van der Waals surface area contributed by atoms with E-state index >= 15 is 0 Å².